The number of aromatic hydroxyl groups is 1. The van der Waals surface area contributed by atoms with Gasteiger partial charge in [0.25, 0.3) is 0 Å². The van der Waals surface area contributed by atoms with Crippen LogP contribution in [0.5, 0.6) is 5.88 Å². The molecule has 0 fully saturated rings. The summed E-state index contributed by atoms with van der Waals surface area (Å²) in [6, 6.07) is 6.63. The fourth-order valence-electron chi connectivity index (χ4n) is 1.61. The molecule has 1 heterocycles. The maximum Gasteiger partial charge on any atom is 0.337 e. The highest BCUT2D eigenvalue weighted by Gasteiger charge is 2.12. The van der Waals surface area contributed by atoms with E-state index in [0.29, 0.717) is 20.1 Å². The van der Waals surface area contributed by atoms with Gasteiger partial charge in [-0.15, -0.1) is 11.3 Å². The van der Waals surface area contributed by atoms with E-state index in [1.807, 2.05) is 0 Å². The van der Waals surface area contributed by atoms with Gasteiger partial charge >= 0.3 is 5.97 Å². The SMILES string of the molecule is C=Cc1sc(=S)n(-c2ccc(C(=O)OC)cc2)c1O. The average molecular weight is 293 g/mol. The third-order valence-corrected chi connectivity index (χ3v) is 3.90. The Balaban J connectivity index is 2.49. The zero-order valence-electron chi connectivity index (χ0n) is 10.1. The molecule has 1 N–H and O–H groups in total. The van der Waals surface area contributed by atoms with Gasteiger partial charge in [-0.25, -0.2) is 4.79 Å². The summed E-state index contributed by atoms with van der Waals surface area (Å²) in [7, 11) is 1.33. The molecule has 0 bridgehead atoms. The predicted molar refractivity (Wildman–Crippen MR) is 77.6 cm³/mol. The minimum absolute atomic E-state index is 0.0517. The van der Waals surface area contributed by atoms with Crippen LogP contribution in [0.15, 0.2) is 30.8 Å². The summed E-state index contributed by atoms with van der Waals surface area (Å²) in [5.41, 5.74) is 1.12. The molecule has 0 amide bonds. The molecule has 6 heteroatoms. The van der Waals surface area contributed by atoms with Crippen molar-refractivity contribution in [3.8, 4) is 11.6 Å². The topological polar surface area (TPSA) is 51.5 Å². The maximum atomic E-state index is 11.3. The van der Waals surface area contributed by atoms with E-state index in [-0.39, 0.29) is 5.88 Å². The van der Waals surface area contributed by atoms with Crippen LogP contribution in [-0.4, -0.2) is 22.8 Å². The number of esters is 1. The van der Waals surface area contributed by atoms with Gasteiger partial charge in [-0.3, -0.25) is 4.57 Å². The Morgan fingerprint density at radius 3 is 2.58 bits per heavy atom. The Morgan fingerprint density at radius 1 is 1.47 bits per heavy atom. The number of methoxy groups -OCH3 is 1. The summed E-state index contributed by atoms with van der Waals surface area (Å²) in [5, 5.41) is 10.0. The zero-order chi connectivity index (χ0) is 14.0. The third kappa shape index (κ3) is 2.45. The molecule has 4 nitrogen and oxygen atoms in total. The van der Waals surface area contributed by atoms with Crippen LogP contribution in [0.25, 0.3) is 11.8 Å². The summed E-state index contributed by atoms with van der Waals surface area (Å²) in [6.07, 6.45) is 1.55. The molecule has 2 rings (SSSR count). The second kappa shape index (κ2) is 5.38. The molecule has 19 heavy (non-hydrogen) atoms. The molecular weight excluding hydrogens is 282 g/mol. The predicted octanol–water partition coefficient (Wildman–Crippen LogP) is 3.40. The average Bonchev–Trinajstić information content (AvgIpc) is 2.72. The van der Waals surface area contributed by atoms with Crippen LogP contribution >= 0.6 is 23.6 Å². The Kier molecular flexibility index (Phi) is 3.82. The minimum Gasteiger partial charge on any atom is -0.493 e. The minimum atomic E-state index is -0.406. The van der Waals surface area contributed by atoms with Gasteiger partial charge in [0.2, 0.25) is 5.88 Å². The maximum absolute atomic E-state index is 11.3. The number of carbonyl (C=O) groups excluding carboxylic acids is 1. The van der Waals surface area contributed by atoms with E-state index in [2.05, 4.69) is 11.3 Å². The van der Waals surface area contributed by atoms with Crippen molar-refractivity contribution in [1.29, 1.82) is 0 Å². The fraction of sp³-hybridized carbons (Fsp3) is 0.0769. The highest BCUT2D eigenvalue weighted by molar-refractivity contribution is 7.73. The molecule has 98 valence electrons. The van der Waals surface area contributed by atoms with Crippen molar-refractivity contribution in [2.75, 3.05) is 7.11 Å². The van der Waals surface area contributed by atoms with Crippen LogP contribution in [-0.2, 0) is 4.74 Å². The van der Waals surface area contributed by atoms with Gasteiger partial charge in [0.1, 0.15) is 0 Å². The molecule has 0 radical (unpaired) electrons. The van der Waals surface area contributed by atoms with E-state index >= 15 is 0 Å². The van der Waals surface area contributed by atoms with E-state index in [0.717, 1.165) is 0 Å². The summed E-state index contributed by atoms with van der Waals surface area (Å²) in [5.74, 6) is -0.354. The number of carbonyl (C=O) groups is 1. The number of nitrogens with zero attached hydrogens (tertiary/aromatic N) is 1. The smallest absolute Gasteiger partial charge is 0.337 e. The van der Waals surface area contributed by atoms with Crippen LogP contribution in [0, 0.1) is 3.95 Å². The molecule has 1 aromatic carbocycles. The number of rotatable bonds is 3. The Labute approximate surface area is 119 Å². The van der Waals surface area contributed by atoms with Crippen molar-refractivity contribution in [1.82, 2.24) is 4.57 Å². The molecular formula is C13H11NO3S2. The van der Waals surface area contributed by atoms with Crippen molar-refractivity contribution in [2.45, 2.75) is 0 Å². The van der Waals surface area contributed by atoms with E-state index in [1.165, 1.54) is 23.0 Å². The van der Waals surface area contributed by atoms with Gasteiger partial charge in [0.05, 0.1) is 23.2 Å². The second-order valence-corrected chi connectivity index (χ2v) is 5.31. The number of benzene rings is 1. The molecule has 0 aliphatic rings. The quantitative estimate of drug-likeness (QED) is 0.696. The second-order valence-electron chi connectivity index (χ2n) is 3.63. The number of hydrogen-bond donors (Lipinski definition) is 1. The van der Waals surface area contributed by atoms with Gasteiger partial charge in [0.15, 0.2) is 3.95 Å². The first-order valence-electron chi connectivity index (χ1n) is 5.34. The van der Waals surface area contributed by atoms with E-state index in [1.54, 1.807) is 30.3 Å². The lowest BCUT2D eigenvalue weighted by molar-refractivity contribution is 0.0601. The molecule has 0 saturated carbocycles. The standard InChI is InChI=1S/C13H11NO3S2/c1-3-10-11(15)14(13(18)19-10)9-6-4-8(5-7-9)12(16)17-2/h3-7,15H,1H2,2H3. The summed E-state index contributed by atoms with van der Waals surface area (Å²) in [4.78, 5) is 11.9. The molecule has 1 aromatic heterocycles. The normalized spacial score (nSPS) is 10.2. The summed E-state index contributed by atoms with van der Waals surface area (Å²) < 4.78 is 6.66. The summed E-state index contributed by atoms with van der Waals surface area (Å²) >= 11 is 6.47. The largest absolute Gasteiger partial charge is 0.493 e. The van der Waals surface area contributed by atoms with Crippen LogP contribution in [0.3, 0.4) is 0 Å². The van der Waals surface area contributed by atoms with Crippen molar-refractivity contribution in [3.63, 3.8) is 0 Å². The zero-order valence-corrected chi connectivity index (χ0v) is 11.8. The van der Waals surface area contributed by atoms with Crippen molar-refractivity contribution >= 4 is 35.6 Å². The van der Waals surface area contributed by atoms with Crippen LogP contribution < -0.4 is 0 Å². The molecule has 0 aliphatic heterocycles. The van der Waals surface area contributed by atoms with Gasteiger partial charge in [-0.1, -0.05) is 6.58 Å². The van der Waals surface area contributed by atoms with Crippen LogP contribution in [0.1, 0.15) is 15.2 Å². The van der Waals surface area contributed by atoms with Crippen LogP contribution in [0.4, 0.5) is 0 Å². The van der Waals surface area contributed by atoms with E-state index < -0.39 is 5.97 Å². The first kappa shape index (κ1) is 13.5. The first-order valence-corrected chi connectivity index (χ1v) is 6.57. The van der Waals surface area contributed by atoms with Gasteiger partial charge in [0, 0.05) is 0 Å². The number of aromatic nitrogens is 1. The molecule has 0 saturated heterocycles. The highest BCUT2D eigenvalue weighted by atomic mass is 32.1. The Morgan fingerprint density at radius 2 is 2.11 bits per heavy atom. The van der Waals surface area contributed by atoms with Gasteiger partial charge < -0.3 is 9.84 Å². The molecule has 0 atom stereocenters. The Bertz CT molecular complexity index is 683. The fourth-order valence-corrected chi connectivity index (χ4v) is 2.81. The third-order valence-electron chi connectivity index (χ3n) is 2.54. The molecule has 0 aliphatic carbocycles. The molecule has 0 unspecified atom stereocenters. The van der Waals surface area contributed by atoms with E-state index in [4.69, 9.17) is 12.2 Å². The molecule has 2 aromatic rings. The number of thiazole rings is 1. The van der Waals surface area contributed by atoms with E-state index in [9.17, 15) is 9.90 Å². The van der Waals surface area contributed by atoms with Gasteiger partial charge in [-0.2, -0.15) is 0 Å². The Hall–Kier alpha value is -1.92. The van der Waals surface area contributed by atoms with Crippen molar-refractivity contribution in [3.05, 3.63) is 45.2 Å². The van der Waals surface area contributed by atoms with Crippen LogP contribution in [0.2, 0.25) is 0 Å². The first-order chi connectivity index (χ1) is 9.08. The van der Waals surface area contributed by atoms with Crippen molar-refractivity contribution < 1.29 is 14.6 Å². The molecule has 0 spiro atoms. The highest BCUT2D eigenvalue weighted by Crippen LogP contribution is 2.30. The summed E-state index contributed by atoms with van der Waals surface area (Å²) in [6.45, 7) is 3.62. The van der Waals surface area contributed by atoms with Crippen molar-refractivity contribution in [2.24, 2.45) is 0 Å². The lowest BCUT2D eigenvalue weighted by Gasteiger charge is -2.05. The lowest BCUT2D eigenvalue weighted by atomic mass is 10.2. The number of hydrogen-bond acceptors (Lipinski definition) is 5. The monoisotopic (exact) mass is 293 g/mol. The number of ether oxygens (including phenoxy) is 1. The van der Waals surface area contributed by atoms with Gasteiger partial charge in [-0.05, 0) is 42.6 Å². The lowest BCUT2D eigenvalue weighted by Crippen LogP contribution is -2.01.